The molecular formula is C23H23NO3S3. The zero-order chi connectivity index (χ0) is 21.6. The molecule has 30 heavy (non-hydrogen) atoms. The number of carbonyl (C=O) groups excluding carboxylic acids is 2. The second kappa shape index (κ2) is 7.87. The van der Waals surface area contributed by atoms with Crippen molar-refractivity contribution in [2.45, 2.75) is 52.2 Å². The summed E-state index contributed by atoms with van der Waals surface area (Å²) in [5, 5.41) is 0. The number of anilines is 1. The van der Waals surface area contributed by atoms with E-state index in [1.165, 1.54) is 6.92 Å². The first-order valence-electron chi connectivity index (χ1n) is 9.83. The quantitative estimate of drug-likeness (QED) is 0.308. The van der Waals surface area contributed by atoms with Crippen molar-refractivity contribution in [3.8, 4) is 11.1 Å². The highest BCUT2D eigenvalue weighted by atomic mass is 32.9. The standard InChI is InChI=1S/C23H23NO3S3/c1-13-10-11-17-16(12-13)18-20(29-30-22(18)28)23(3,4)24(17)21(26)19(27-14(2)25)15-8-6-5-7-9-15/h5-6,8,10-12,19H,7,9H2,1-4H3/t19-/m1/s1. The summed E-state index contributed by atoms with van der Waals surface area (Å²) in [5.74, 6) is -0.688. The van der Waals surface area contributed by atoms with Crippen LogP contribution in [0.15, 0.2) is 42.0 Å². The van der Waals surface area contributed by atoms with E-state index in [-0.39, 0.29) is 5.91 Å². The first kappa shape index (κ1) is 21.2. The van der Waals surface area contributed by atoms with E-state index in [0.717, 1.165) is 43.1 Å². The summed E-state index contributed by atoms with van der Waals surface area (Å²) in [6, 6.07) is 6.06. The second-order valence-electron chi connectivity index (χ2n) is 8.11. The van der Waals surface area contributed by atoms with Gasteiger partial charge in [-0.1, -0.05) is 62.8 Å². The van der Waals surface area contributed by atoms with Crippen LogP contribution in [-0.2, 0) is 19.9 Å². The first-order valence-corrected chi connectivity index (χ1v) is 12.4. The van der Waals surface area contributed by atoms with E-state index in [4.69, 9.17) is 17.0 Å². The zero-order valence-corrected chi connectivity index (χ0v) is 19.8. The first-order chi connectivity index (χ1) is 14.2. The Labute approximate surface area is 188 Å². The molecule has 0 bridgehead atoms. The van der Waals surface area contributed by atoms with Gasteiger partial charge in [0.2, 0.25) is 6.10 Å². The summed E-state index contributed by atoms with van der Waals surface area (Å²) in [4.78, 5) is 28.7. The summed E-state index contributed by atoms with van der Waals surface area (Å²) in [7, 11) is 3.19. The number of aryl methyl sites for hydroxylation is 1. The van der Waals surface area contributed by atoms with Gasteiger partial charge in [0, 0.05) is 18.1 Å². The number of amides is 1. The maximum Gasteiger partial charge on any atom is 0.303 e. The normalized spacial score (nSPS) is 17.6. The average Bonchev–Trinajstić information content (AvgIpc) is 3.10. The minimum absolute atomic E-state index is 0.225. The molecule has 7 heteroatoms. The minimum atomic E-state index is -0.936. The highest BCUT2D eigenvalue weighted by Gasteiger charge is 2.46. The van der Waals surface area contributed by atoms with Gasteiger partial charge in [-0.2, -0.15) is 0 Å². The zero-order valence-electron chi connectivity index (χ0n) is 17.4. The van der Waals surface area contributed by atoms with Crippen LogP contribution in [0.3, 0.4) is 0 Å². The molecule has 0 N–H and O–H groups in total. The Morgan fingerprint density at radius 2 is 2.03 bits per heavy atom. The van der Waals surface area contributed by atoms with Crippen LogP contribution in [0, 0.1) is 10.7 Å². The average molecular weight is 458 g/mol. The molecule has 2 aliphatic rings. The van der Waals surface area contributed by atoms with Crippen molar-refractivity contribution in [2.24, 2.45) is 0 Å². The van der Waals surface area contributed by atoms with Gasteiger partial charge in [-0.15, -0.1) is 0 Å². The number of benzene rings is 1. The fraction of sp³-hybridized carbons (Fsp3) is 0.348. The molecule has 1 atom stereocenters. The molecule has 1 aliphatic heterocycles. The summed E-state index contributed by atoms with van der Waals surface area (Å²) in [5.41, 5.74) is 4.15. The lowest BCUT2D eigenvalue weighted by Crippen LogP contribution is -2.53. The van der Waals surface area contributed by atoms with Gasteiger partial charge < -0.3 is 4.74 Å². The molecule has 1 aromatic heterocycles. The largest absolute Gasteiger partial charge is 0.448 e. The molecule has 1 amide bonds. The Bertz CT molecular complexity index is 1150. The van der Waals surface area contributed by atoms with Gasteiger partial charge in [-0.25, -0.2) is 0 Å². The van der Waals surface area contributed by atoms with Gasteiger partial charge in [0.05, 0.1) is 16.1 Å². The van der Waals surface area contributed by atoms with Gasteiger partial charge in [0.15, 0.2) is 0 Å². The fourth-order valence-corrected chi connectivity index (χ4v) is 7.43. The van der Waals surface area contributed by atoms with Gasteiger partial charge >= 0.3 is 5.97 Å². The molecule has 1 aromatic carbocycles. The SMILES string of the molecule is CC(=O)O[C@@H](C(=O)N1c2ccc(C)cc2-c2c(ssc2=S)C1(C)C)C1=CC=CCC1. The van der Waals surface area contributed by atoms with Crippen molar-refractivity contribution in [3.63, 3.8) is 0 Å². The van der Waals surface area contributed by atoms with E-state index < -0.39 is 17.6 Å². The highest BCUT2D eigenvalue weighted by molar-refractivity contribution is 7.80. The van der Waals surface area contributed by atoms with Crippen LogP contribution < -0.4 is 4.90 Å². The van der Waals surface area contributed by atoms with Gasteiger partial charge in [-0.3, -0.25) is 14.5 Å². The van der Waals surface area contributed by atoms with Gasteiger partial charge in [-0.05, 0) is 51.3 Å². The van der Waals surface area contributed by atoms with Crippen molar-refractivity contribution in [3.05, 3.63) is 56.3 Å². The number of nitrogens with zero attached hydrogens (tertiary/aromatic N) is 1. The van der Waals surface area contributed by atoms with Crippen molar-refractivity contribution in [1.82, 2.24) is 0 Å². The lowest BCUT2D eigenvalue weighted by molar-refractivity contribution is -0.151. The lowest BCUT2D eigenvalue weighted by Gasteiger charge is -2.44. The second-order valence-corrected chi connectivity index (χ2v) is 10.9. The number of esters is 1. The van der Waals surface area contributed by atoms with Gasteiger partial charge in [0.1, 0.15) is 3.82 Å². The van der Waals surface area contributed by atoms with Crippen LogP contribution in [0.5, 0.6) is 0 Å². The third-order valence-electron chi connectivity index (χ3n) is 5.52. The maximum absolute atomic E-state index is 14.0. The molecule has 2 aromatic rings. The third-order valence-corrected chi connectivity index (χ3v) is 8.85. The van der Waals surface area contributed by atoms with Crippen molar-refractivity contribution >= 4 is 50.5 Å². The molecule has 0 saturated carbocycles. The molecule has 1 aliphatic carbocycles. The van der Waals surface area contributed by atoms with Crippen LogP contribution in [0.4, 0.5) is 5.69 Å². The number of allylic oxidation sites excluding steroid dienone is 3. The van der Waals surface area contributed by atoms with Gasteiger partial charge in [0.25, 0.3) is 5.91 Å². The van der Waals surface area contributed by atoms with E-state index in [0.29, 0.717) is 6.42 Å². The highest BCUT2D eigenvalue weighted by Crippen LogP contribution is 2.52. The number of hydrogen-bond donors (Lipinski definition) is 0. The molecule has 156 valence electrons. The predicted molar refractivity (Wildman–Crippen MR) is 126 cm³/mol. The molecule has 0 unspecified atom stereocenters. The molecule has 0 fully saturated rings. The topological polar surface area (TPSA) is 46.6 Å². The molecule has 4 nitrogen and oxygen atoms in total. The lowest BCUT2D eigenvalue weighted by atomic mass is 9.85. The molecule has 4 rings (SSSR count). The fourth-order valence-electron chi connectivity index (χ4n) is 4.15. The molecule has 0 radical (unpaired) electrons. The molecule has 0 spiro atoms. The third kappa shape index (κ3) is 3.49. The van der Waals surface area contributed by atoms with Crippen LogP contribution in [0.2, 0.25) is 0 Å². The molecule has 2 heterocycles. The van der Waals surface area contributed by atoms with Crippen LogP contribution in [-0.4, -0.2) is 18.0 Å². The number of hydrogen-bond acceptors (Lipinski definition) is 6. The Morgan fingerprint density at radius 3 is 2.70 bits per heavy atom. The number of rotatable bonds is 3. The monoisotopic (exact) mass is 457 g/mol. The van der Waals surface area contributed by atoms with Crippen LogP contribution in [0.25, 0.3) is 11.1 Å². The van der Waals surface area contributed by atoms with Crippen molar-refractivity contribution in [1.29, 1.82) is 0 Å². The predicted octanol–water partition coefficient (Wildman–Crippen LogP) is 6.30. The molecule has 0 saturated heterocycles. The number of ether oxygens (including phenoxy) is 1. The van der Waals surface area contributed by atoms with E-state index >= 15 is 0 Å². The Kier molecular flexibility index (Phi) is 5.55. The molecular weight excluding hydrogens is 434 g/mol. The Balaban J connectivity index is 1.89. The van der Waals surface area contributed by atoms with Crippen LogP contribution >= 0.6 is 32.9 Å². The number of carbonyl (C=O) groups is 2. The van der Waals surface area contributed by atoms with E-state index in [2.05, 4.69) is 6.07 Å². The van der Waals surface area contributed by atoms with Crippen molar-refractivity contribution < 1.29 is 14.3 Å². The summed E-state index contributed by atoms with van der Waals surface area (Å²) >= 11 is 5.65. The van der Waals surface area contributed by atoms with Crippen LogP contribution in [0.1, 0.15) is 44.1 Å². The number of fused-ring (bicyclic) bond motifs is 3. The summed E-state index contributed by atoms with van der Waals surface area (Å²) in [6.07, 6.45) is 6.44. The Hall–Kier alpha value is -2.09. The van der Waals surface area contributed by atoms with E-state index in [1.807, 2.05) is 51.1 Å². The van der Waals surface area contributed by atoms with Crippen molar-refractivity contribution in [2.75, 3.05) is 4.90 Å². The van der Waals surface area contributed by atoms with E-state index in [1.54, 1.807) is 25.6 Å². The minimum Gasteiger partial charge on any atom is -0.448 e. The van der Waals surface area contributed by atoms with E-state index in [9.17, 15) is 9.59 Å². The Morgan fingerprint density at radius 1 is 1.27 bits per heavy atom. The summed E-state index contributed by atoms with van der Waals surface area (Å²) < 4.78 is 6.43. The summed E-state index contributed by atoms with van der Waals surface area (Å²) in [6.45, 7) is 7.45. The maximum atomic E-state index is 14.0. The smallest absolute Gasteiger partial charge is 0.303 e.